The quantitative estimate of drug-likeness (QED) is 0.185. The Morgan fingerprint density at radius 3 is 2.56 bits per heavy atom. The Bertz CT molecular complexity index is 2450. The van der Waals surface area contributed by atoms with Crippen LogP contribution >= 0.6 is 11.3 Å². The molecule has 1 atom stereocenters. The van der Waals surface area contributed by atoms with Crippen molar-refractivity contribution in [1.82, 2.24) is 35.0 Å². The second kappa shape index (κ2) is 14.1. The van der Waals surface area contributed by atoms with E-state index in [1.54, 1.807) is 17.5 Å². The molecule has 3 aliphatic heterocycles. The van der Waals surface area contributed by atoms with Crippen molar-refractivity contribution >= 4 is 40.3 Å². The van der Waals surface area contributed by atoms with Crippen molar-refractivity contribution in [2.45, 2.75) is 94.5 Å². The number of anilines is 1. The molecule has 5 aromatic rings. The van der Waals surface area contributed by atoms with Gasteiger partial charge in [-0.05, 0) is 105 Å². The van der Waals surface area contributed by atoms with Crippen LogP contribution in [0.4, 0.5) is 5.69 Å². The number of ether oxygens (including phenoxy) is 1. The molecule has 2 saturated heterocycles. The highest BCUT2D eigenvalue weighted by Gasteiger charge is 2.55. The average molecular weight is 782 g/mol. The number of aromatic nitrogens is 5. The summed E-state index contributed by atoms with van der Waals surface area (Å²) in [5, 5.41) is 31.6. The molecule has 290 valence electrons. The highest BCUT2D eigenvalue weighted by Crippen LogP contribution is 2.59. The van der Waals surface area contributed by atoms with Crippen LogP contribution in [0.25, 0.3) is 27.5 Å². The highest BCUT2D eigenvalue weighted by atomic mass is 32.1. The number of imide groups is 1. The van der Waals surface area contributed by atoms with E-state index in [2.05, 4.69) is 44.9 Å². The fraction of sp³-hybridized carbons (Fsp3) is 0.442. The number of hydrogen-bond donors (Lipinski definition) is 2. The molecule has 0 spiro atoms. The van der Waals surface area contributed by atoms with Gasteiger partial charge in [-0.2, -0.15) is 10.4 Å². The van der Waals surface area contributed by atoms with Gasteiger partial charge in [0.25, 0.3) is 0 Å². The van der Waals surface area contributed by atoms with Gasteiger partial charge in [0.2, 0.25) is 17.7 Å². The molecule has 3 saturated carbocycles. The molecule has 2 bridgehead atoms. The Balaban J connectivity index is 0.855. The lowest BCUT2D eigenvalue weighted by molar-refractivity contribution is -0.150. The Labute approximate surface area is 333 Å². The number of piperidine rings is 1. The van der Waals surface area contributed by atoms with Gasteiger partial charge in [-0.1, -0.05) is 29.5 Å². The maximum atomic E-state index is 14.3. The zero-order valence-electron chi connectivity index (χ0n) is 31.6. The van der Waals surface area contributed by atoms with Gasteiger partial charge < -0.3 is 15.0 Å². The number of nitriles is 1. The van der Waals surface area contributed by atoms with E-state index in [-0.39, 0.29) is 40.5 Å². The minimum Gasteiger partial charge on any atom is -0.381 e. The number of benzene rings is 1. The number of amides is 3. The monoisotopic (exact) mass is 781 g/mol. The lowest BCUT2D eigenvalue weighted by Crippen LogP contribution is -2.53. The number of hydrogen-bond acceptors (Lipinski definition) is 11. The normalized spacial score (nSPS) is 24.9. The number of carbonyl (C=O) groups is 3. The topological polar surface area (TPSA) is 168 Å². The molecule has 4 aromatic heterocycles. The Kier molecular flexibility index (Phi) is 8.90. The standard InChI is InChI=1S/C43H43N9O4S/c44-22-26-19-31-3-5-36(52(31)46-23-26)35-21-34(47-30-8-17-56-18-9-30)33(24-45-35)39-49-50-40(57-39)42-10-13-43(14-11-42,15-12-42)41(55)51-16-7-27-20-28(1-2-29(27)25-51)32-4-6-37(53)48-38(32)54/h1-3,5,19-21,23-24,30,32H,4,6-18,25H2,(H,45,47)(H,48,53,54)/t32-,42?,43?/m1/s1. The zero-order valence-corrected chi connectivity index (χ0v) is 32.4. The molecule has 5 fully saturated rings. The van der Waals surface area contributed by atoms with Crippen molar-refractivity contribution in [2.75, 3.05) is 25.1 Å². The molecule has 0 unspecified atom stereocenters. The molecule has 57 heavy (non-hydrogen) atoms. The van der Waals surface area contributed by atoms with Gasteiger partial charge in [0, 0.05) is 61.5 Å². The first kappa shape index (κ1) is 35.9. The fourth-order valence-electron chi connectivity index (χ4n) is 9.89. The fourth-order valence-corrected chi connectivity index (χ4v) is 11.0. The van der Waals surface area contributed by atoms with Gasteiger partial charge in [0.15, 0.2) is 5.01 Å². The predicted octanol–water partition coefficient (Wildman–Crippen LogP) is 6.07. The largest absolute Gasteiger partial charge is 0.381 e. The van der Waals surface area contributed by atoms with Crippen LogP contribution in [0.3, 0.4) is 0 Å². The van der Waals surface area contributed by atoms with Gasteiger partial charge in [0.05, 0.1) is 40.1 Å². The zero-order chi connectivity index (χ0) is 38.7. The molecule has 3 aliphatic carbocycles. The summed E-state index contributed by atoms with van der Waals surface area (Å²) in [4.78, 5) is 45.5. The molecule has 2 N–H and O–H groups in total. The van der Waals surface area contributed by atoms with Crippen LogP contribution in [-0.4, -0.2) is 73.2 Å². The summed E-state index contributed by atoms with van der Waals surface area (Å²) in [6.07, 6.45) is 12.2. The lowest BCUT2D eigenvalue weighted by atomic mass is 9.53. The van der Waals surface area contributed by atoms with E-state index in [9.17, 15) is 19.6 Å². The number of nitrogens with zero attached hydrogens (tertiary/aromatic N) is 7. The highest BCUT2D eigenvalue weighted by molar-refractivity contribution is 7.14. The first-order valence-electron chi connectivity index (χ1n) is 20.1. The van der Waals surface area contributed by atoms with Crippen molar-refractivity contribution in [2.24, 2.45) is 5.41 Å². The summed E-state index contributed by atoms with van der Waals surface area (Å²) in [6, 6.07) is 16.4. The molecular weight excluding hydrogens is 739 g/mol. The van der Waals surface area contributed by atoms with Crippen LogP contribution in [0.15, 0.2) is 54.9 Å². The SMILES string of the molecule is N#Cc1cnn2c(-c3cc(NC4CCOCC4)c(-c4nnc(C56CCC(C(=O)N7CCc8cc([C@H]9CCC(=O)NC9=O)ccc8C7)(CC5)CC6)s4)cn3)ccc2c1. The third kappa shape index (κ3) is 6.37. The Morgan fingerprint density at radius 2 is 1.77 bits per heavy atom. The maximum absolute atomic E-state index is 14.3. The van der Waals surface area contributed by atoms with Crippen LogP contribution < -0.4 is 10.6 Å². The Morgan fingerprint density at radius 1 is 0.947 bits per heavy atom. The second-order valence-corrected chi connectivity index (χ2v) is 17.5. The summed E-state index contributed by atoms with van der Waals surface area (Å²) in [6.45, 7) is 2.70. The smallest absolute Gasteiger partial charge is 0.234 e. The third-order valence-electron chi connectivity index (χ3n) is 13.4. The van der Waals surface area contributed by atoms with E-state index in [4.69, 9.17) is 19.9 Å². The Hall–Kier alpha value is -5.52. The van der Waals surface area contributed by atoms with Crippen molar-refractivity contribution in [1.29, 1.82) is 5.26 Å². The molecule has 7 heterocycles. The van der Waals surface area contributed by atoms with Gasteiger partial charge in [-0.25, -0.2) is 4.52 Å². The number of pyridine rings is 1. The van der Waals surface area contributed by atoms with Gasteiger partial charge in [0.1, 0.15) is 11.1 Å². The third-order valence-corrected chi connectivity index (χ3v) is 14.6. The molecular formula is C43H43N9O4S. The number of nitrogens with one attached hydrogen (secondary N) is 2. The average Bonchev–Trinajstić information content (AvgIpc) is 3.93. The predicted molar refractivity (Wildman–Crippen MR) is 212 cm³/mol. The first-order valence-corrected chi connectivity index (χ1v) is 20.9. The molecule has 14 heteroatoms. The summed E-state index contributed by atoms with van der Waals surface area (Å²) in [5.41, 5.74) is 7.67. The second-order valence-electron chi connectivity index (χ2n) is 16.5. The minimum atomic E-state index is -0.339. The molecule has 3 amide bonds. The van der Waals surface area contributed by atoms with Crippen molar-refractivity contribution in [3.8, 4) is 28.0 Å². The first-order chi connectivity index (χ1) is 27.8. The lowest BCUT2D eigenvalue weighted by Gasteiger charge is -2.53. The van der Waals surface area contributed by atoms with Crippen molar-refractivity contribution in [3.63, 3.8) is 0 Å². The van der Waals surface area contributed by atoms with Crippen LogP contribution in [0, 0.1) is 16.7 Å². The van der Waals surface area contributed by atoms with Crippen molar-refractivity contribution < 1.29 is 19.1 Å². The van der Waals surface area contributed by atoms with Crippen LogP contribution in [-0.2, 0) is 37.5 Å². The van der Waals surface area contributed by atoms with Gasteiger partial charge in [-0.15, -0.1) is 10.2 Å². The van der Waals surface area contributed by atoms with E-state index in [1.165, 1.54) is 5.56 Å². The van der Waals surface area contributed by atoms with E-state index >= 15 is 0 Å². The molecule has 11 rings (SSSR count). The van der Waals surface area contributed by atoms with Crippen LogP contribution in [0.1, 0.15) is 97.4 Å². The number of fused-ring (bicyclic) bond motifs is 5. The van der Waals surface area contributed by atoms with Gasteiger partial charge in [-0.3, -0.25) is 24.7 Å². The van der Waals surface area contributed by atoms with E-state index in [0.29, 0.717) is 44.7 Å². The van der Waals surface area contributed by atoms with Crippen LogP contribution in [0.2, 0.25) is 0 Å². The maximum Gasteiger partial charge on any atom is 0.234 e. The number of carbonyl (C=O) groups excluding carboxylic acids is 3. The summed E-state index contributed by atoms with van der Waals surface area (Å²) in [7, 11) is 0. The molecule has 0 radical (unpaired) electrons. The summed E-state index contributed by atoms with van der Waals surface area (Å²) < 4.78 is 7.46. The molecule has 6 aliphatic rings. The minimum absolute atomic E-state index is 0.0840. The van der Waals surface area contributed by atoms with E-state index < -0.39 is 0 Å². The van der Waals surface area contributed by atoms with Crippen molar-refractivity contribution in [3.05, 3.63) is 82.1 Å². The summed E-state index contributed by atoms with van der Waals surface area (Å²) in [5.74, 6) is -0.446. The molecule has 13 nitrogen and oxygen atoms in total. The molecule has 1 aromatic carbocycles. The van der Waals surface area contributed by atoms with Gasteiger partial charge >= 0.3 is 0 Å². The number of rotatable bonds is 7. The summed E-state index contributed by atoms with van der Waals surface area (Å²) >= 11 is 1.65. The van der Waals surface area contributed by atoms with E-state index in [1.807, 2.05) is 35.0 Å². The van der Waals surface area contributed by atoms with E-state index in [0.717, 1.165) is 107 Å². The van der Waals surface area contributed by atoms with Crippen LogP contribution in [0.5, 0.6) is 0 Å².